The molecule has 2 atom stereocenters. The number of carbonyl (C=O) groups is 1. The van der Waals surface area contributed by atoms with Crippen LogP contribution < -0.4 is 10.2 Å². The summed E-state index contributed by atoms with van der Waals surface area (Å²) in [6.07, 6.45) is 0.692. The largest absolute Gasteiger partial charge is 0.508 e. The van der Waals surface area contributed by atoms with Gasteiger partial charge in [0.15, 0.2) is 0 Å². The Bertz CT molecular complexity index is 499. The van der Waals surface area contributed by atoms with Crippen LogP contribution in [0.2, 0.25) is 0 Å². The molecule has 1 amide bonds. The van der Waals surface area contributed by atoms with Crippen molar-refractivity contribution in [2.75, 3.05) is 24.5 Å². The fourth-order valence-corrected chi connectivity index (χ4v) is 2.91. The number of carbonyl (C=O) groups excluding carboxylic acids is 1. The second kappa shape index (κ2) is 4.42. The summed E-state index contributed by atoms with van der Waals surface area (Å²) in [4.78, 5) is 13.7. The van der Waals surface area contributed by atoms with Gasteiger partial charge in [0, 0.05) is 18.5 Å². The molecular weight excluding hydrogens is 244 g/mol. The van der Waals surface area contributed by atoms with E-state index in [4.69, 9.17) is 4.74 Å². The van der Waals surface area contributed by atoms with Gasteiger partial charge in [-0.15, -0.1) is 0 Å². The van der Waals surface area contributed by atoms with Crippen LogP contribution in [-0.4, -0.2) is 36.4 Å². The monoisotopic (exact) mass is 262 g/mol. The molecule has 2 fully saturated rings. The van der Waals surface area contributed by atoms with Gasteiger partial charge < -0.3 is 15.2 Å². The van der Waals surface area contributed by atoms with Crippen LogP contribution in [0.4, 0.5) is 10.5 Å². The van der Waals surface area contributed by atoms with E-state index < -0.39 is 5.60 Å². The lowest BCUT2D eigenvalue weighted by molar-refractivity contribution is 0.0287. The Balaban J connectivity index is 1.83. The van der Waals surface area contributed by atoms with Crippen molar-refractivity contribution in [3.05, 3.63) is 24.3 Å². The number of aromatic hydroxyl groups is 1. The number of phenols is 1. The Morgan fingerprint density at radius 1 is 1.53 bits per heavy atom. The van der Waals surface area contributed by atoms with Crippen LogP contribution in [-0.2, 0) is 4.74 Å². The first kappa shape index (κ1) is 12.3. The van der Waals surface area contributed by atoms with Crippen molar-refractivity contribution in [1.29, 1.82) is 0 Å². The summed E-state index contributed by atoms with van der Waals surface area (Å²) in [6.45, 7) is 4.38. The third-order valence-corrected chi connectivity index (χ3v) is 4.08. The van der Waals surface area contributed by atoms with Crippen molar-refractivity contribution in [2.24, 2.45) is 5.92 Å². The van der Waals surface area contributed by atoms with Gasteiger partial charge in [0.1, 0.15) is 11.4 Å². The summed E-state index contributed by atoms with van der Waals surface area (Å²) < 4.78 is 5.61. The summed E-state index contributed by atoms with van der Waals surface area (Å²) in [6, 6.07) is 6.70. The Hall–Kier alpha value is -1.75. The summed E-state index contributed by atoms with van der Waals surface area (Å²) >= 11 is 0. The van der Waals surface area contributed by atoms with Crippen LogP contribution in [0.15, 0.2) is 24.3 Å². The molecule has 1 aromatic rings. The van der Waals surface area contributed by atoms with Crippen LogP contribution >= 0.6 is 0 Å². The maximum absolute atomic E-state index is 12.1. The average Bonchev–Trinajstić information content (AvgIpc) is 2.98. The van der Waals surface area contributed by atoms with E-state index in [0.717, 1.165) is 19.5 Å². The third kappa shape index (κ3) is 2.14. The summed E-state index contributed by atoms with van der Waals surface area (Å²) in [7, 11) is 0. The number of nitrogens with zero attached hydrogens (tertiary/aromatic N) is 1. The Morgan fingerprint density at radius 3 is 3.05 bits per heavy atom. The van der Waals surface area contributed by atoms with E-state index in [1.807, 2.05) is 6.92 Å². The zero-order valence-electron chi connectivity index (χ0n) is 10.9. The second-order valence-electron chi connectivity index (χ2n) is 5.48. The number of benzene rings is 1. The molecule has 0 aromatic heterocycles. The highest BCUT2D eigenvalue weighted by Gasteiger charge is 2.48. The van der Waals surface area contributed by atoms with E-state index in [2.05, 4.69) is 5.32 Å². The molecule has 3 rings (SSSR count). The quantitative estimate of drug-likeness (QED) is 0.852. The van der Waals surface area contributed by atoms with Gasteiger partial charge in [-0.05, 0) is 32.0 Å². The molecule has 0 aliphatic carbocycles. The summed E-state index contributed by atoms with van der Waals surface area (Å²) in [5, 5.41) is 12.8. The van der Waals surface area contributed by atoms with Gasteiger partial charge in [0.05, 0.1) is 12.2 Å². The Morgan fingerprint density at radius 2 is 2.37 bits per heavy atom. The number of amides is 1. The molecule has 5 heteroatoms. The first-order valence-electron chi connectivity index (χ1n) is 6.59. The molecule has 2 heterocycles. The van der Waals surface area contributed by atoms with E-state index in [1.165, 1.54) is 0 Å². The van der Waals surface area contributed by atoms with Crippen molar-refractivity contribution in [3.63, 3.8) is 0 Å². The molecule has 1 aromatic carbocycles. The van der Waals surface area contributed by atoms with Crippen molar-refractivity contribution >= 4 is 11.8 Å². The minimum Gasteiger partial charge on any atom is -0.508 e. The number of rotatable bonds is 2. The van der Waals surface area contributed by atoms with Crippen LogP contribution in [0, 0.1) is 5.92 Å². The minimum absolute atomic E-state index is 0.154. The molecule has 0 saturated carbocycles. The molecule has 102 valence electrons. The van der Waals surface area contributed by atoms with Crippen molar-refractivity contribution in [3.8, 4) is 5.75 Å². The zero-order chi connectivity index (χ0) is 13.5. The predicted octanol–water partition coefficient (Wildman–Crippen LogP) is 1.72. The SMILES string of the molecule is CC1(C2CCNC2)CN(c2cccc(O)c2)C(=O)O1. The third-order valence-electron chi connectivity index (χ3n) is 4.08. The highest BCUT2D eigenvalue weighted by Crippen LogP contribution is 2.36. The first-order valence-corrected chi connectivity index (χ1v) is 6.59. The number of anilines is 1. The lowest BCUT2D eigenvalue weighted by Crippen LogP contribution is -2.40. The Labute approximate surface area is 112 Å². The molecule has 2 unspecified atom stereocenters. The number of nitrogens with one attached hydrogen (secondary N) is 1. The number of cyclic esters (lactones) is 1. The lowest BCUT2D eigenvalue weighted by atomic mass is 9.88. The van der Waals surface area contributed by atoms with Crippen molar-refractivity contribution in [2.45, 2.75) is 18.9 Å². The highest BCUT2D eigenvalue weighted by molar-refractivity contribution is 5.90. The van der Waals surface area contributed by atoms with Gasteiger partial charge in [0.25, 0.3) is 0 Å². The zero-order valence-corrected chi connectivity index (χ0v) is 10.9. The molecule has 5 nitrogen and oxygen atoms in total. The summed E-state index contributed by atoms with van der Waals surface area (Å²) in [5.74, 6) is 0.500. The van der Waals surface area contributed by atoms with Gasteiger partial charge in [-0.2, -0.15) is 0 Å². The molecule has 0 radical (unpaired) electrons. The number of hydrogen-bond acceptors (Lipinski definition) is 4. The minimum atomic E-state index is -0.452. The molecule has 2 N–H and O–H groups in total. The predicted molar refractivity (Wildman–Crippen MR) is 71.3 cm³/mol. The smallest absolute Gasteiger partial charge is 0.415 e. The van der Waals surface area contributed by atoms with Gasteiger partial charge in [-0.3, -0.25) is 4.90 Å². The standard InChI is InChI=1S/C14H18N2O3/c1-14(10-5-6-15-8-10)9-16(13(18)19-14)11-3-2-4-12(17)7-11/h2-4,7,10,15,17H,5-6,8-9H2,1H3. The van der Waals surface area contributed by atoms with Gasteiger partial charge >= 0.3 is 6.09 Å². The molecule has 0 spiro atoms. The van der Waals surface area contributed by atoms with E-state index >= 15 is 0 Å². The molecule has 2 aliphatic heterocycles. The van der Waals surface area contributed by atoms with Crippen molar-refractivity contribution < 1.29 is 14.6 Å². The number of ether oxygens (including phenoxy) is 1. The average molecular weight is 262 g/mol. The molecular formula is C14H18N2O3. The maximum atomic E-state index is 12.1. The van der Waals surface area contributed by atoms with Crippen LogP contribution in [0.5, 0.6) is 5.75 Å². The first-order chi connectivity index (χ1) is 9.08. The normalized spacial score (nSPS) is 30.7. The van der Waals surface area contributed by atoms with E-state index in [0.29, 0.717) is 18.2 Å². The van der Waals surface area contributed by atoms with Crippen LogP contribution in [0.25, 0.3) is 0 Å². The maximum Gasteiger partial charge on any atom is 0.415 e. The fourth-order valence-electron chi connectivity index (χ4n) is 2.91. The molecule has 0 bridgehead atoms. The molecule has 2 saturated heterocycles. The molecule has 2 aliphatic rings. The second-order valence-corrected chi connectivity index (χ2v) is 5.48. The molecule has 19 heavy (non-hydrogen) atoms. The fraction of sp³-hybridized carbons (Fsp3) is 0.500. The van der Waals surface area contributed by atoms with E-state index in [9.17, 15) is 9.90 Å². The van der Waals surface area contributed by atoms with E-state index in [1.54, 1.807) is 29.2 Å². The van der Waals surface area contributed by atoms with Gasteiger partial charge in [0.2, 0.25) is 0 Å². The topological polar surface area (TPSA) is 61.8 Å². The van der Waals surface area contributed by atoms with Crippen molar-refractivity contribution in [1.82, 2.24) is 5.32 Å². The number of hydrogen-bond donors (Lipinski definition) is 2. The number of phenolic OH excluding ortho intramolecular Hbond substituents is 1. The van der Waals surface area contributed by atoms with E-state index in [-0.39, 0.29) is 11.8 Å². The van der Waals surface area contributed by atoms with Gasteiger partial charge in [-0.1, -0.05) is 6.07 Å². The Kier molecular flexibility index (Phi) is 2.86. The van der Waals surface area contributed by atoms with Gasteiger partial charge in [-0.25, -0.2) is 4.79 Å². The highest BCUT2D eigenvalue weighted by atomic mass is 16.6. The summed E-state index contributed by atoms with van der Waals surface area (Å²) in [5.41, 5.74) is 0.228. The lowest BCUT2D eigenvalue weighted by Gasteiger charge is -2.28. The van der Waals surface area contributed by atoms with Crippen LogP contribution in [0.1, 0.15) is 13.3 Å². The van der Waals surface area contributed by atoms with Crippen LogP contribution in [0.3, 0.4) is 0 Å².